The monoisotopic (exact) mass is 272 g/mol. The predicted molar refractivity (Wildman–Crippen MR) is 63.7 cm³/mol. The molecule has 0 spiro atoms. The number of rotatable bonds is 2. The summed E-state index contributed by atoms with van der Waals surface area (Å²) in [5.41, 5.74) is -1.19. The molecule has 0 bridgehead atoms. The van der Waals surface area contributed by atoms with Crippen LogP contribution in [0.4, 0.5) is 18.9 Å². The van der Waals surface area contributed by atoms with Gasteiger partial charge in [0.15, 0.2) is 0 Å². The zero-order valence-corrected chi connectivity index (χ0v) is 9.98. The Balaban J connectivity index is 2.46. The van der Waals surface area contributed by atoms with Gasteiger partial charge in [-0.3, -0.25) is 4.99 Å². The standard InChI is InChI=1S/C12H11F3N2O2/c1-7-5-17(6-16-7)10-3-8(11(18)19)2-9(4-10)12(13,14)15/h2-4,6-7H,5H2,1H3,(H,18,19). The molecule has 1 atom stereocenters. The number of halogens is 3. The van der Waals surface area contributed by atoms with Gasteiger partial charge in [0.1, 0.15) is 0 Å². The Bertz CT molecular complexity index is 540. The summed E-state index contributed by atoms with van der Waals surface area (Å²) < 4.78 is 38.2. The first-order valence-corrected chi connectivity index (χ1v) is 5.53. The average Bonchev–Trinajstić information content (AvgIpc) is 2.74. The number of hydrogen-bond acceptors (Lipinski definition) is 3. The normalized spacial score (nSPS) is 18.9. The number of nitrogens with zero attached hydrogens (tertiary/aromatic N) is 2. The molecular formula is C12H11F3N2O2. The molecule has 1 heterocycles. The van der Waals surface area contributed by atoms with E-state index in [2.05, 4.69) is 4.99 Å². The van der Waals surface area contributed by atoms with Crippen LogP contribution in [-0.4, -0.2) is 30.0 Å². The maximum atomic E-state index is 12.7. The van der Waals surface area contributed by atoms with Crippen molar-refractivity contribution in [1.82, 2.24) is 0 Å². The number of aromatic carboxylic acids is 1. The second-order valence-corrected chi connectivity index (χ2v) is 4.34. The molecule has 0 saturated carbocycles. The van der Waals surface area contributed by atoms with Gasteiger partial charge in [-0.05, 0) is 25.1 Å². The second kappa shape index (κ2) is 4.56. The maximum Gasteiger partial charge on any atom is 0.416 e. The average molecular weight is 272 g/mol. The molecule has 4 nitrogen and oxygen atoms in total. The Kier molecular flexibility index (Phi) is 3.21. The summed E-state index contributed by atoms with van der Waals surface area (Å²) in [5.74, 6) is -1.39. The quantitative estimate of drug-likeness (QED) is 0.900. The number of benzene rings is 1. The van der Waals surface area contributed by atoms with E-state index in [1.165, 1.54) is 17.3 Å². The van der Waals surface area contributed by atoms with Gasteiger partial charge in [0, 0.05) is 12.2 Å². The van der Waals surface area contributed by atoms with Gasteiger partial charge in [-0.2, -0.15) is 13.2 Å². The van der Waals surface area contributed by atoms with Crippen LogP contribution >= 0.6 is 0 Å². The van der Waals surface area contributed by atoms with Crippen LogP contribution < -0.4 is 4.90 Å². The fourth-order valence-corrected chi connectivity index (χ4v) is 1.81. The summed E-state index contributed by atoms with van der Waals surface area (Å²) in [6, 6.07) is 2.74. The van der Waals surface area contributed by atoms with Crippen LogP contribution in [0, 0.1) is 0 Å². The van der Waals surface area contributed by atoms with Crippen molar-refractivity contribution in [2.24, 2.45) is 4.99 Å². The first kappa shape index (κ1) is 13.4. The summed E-state index contributed by atoms with van der Waals surface area (Å²) in [7, 11) is 0. The molecule has 7 heteroatoms. The molecule has 2 rings (SSSR count). The Morgan fingerprint density at radius 3 is 2.58 bits per heavy atom. The first-order chi connectivity index (χ1) is 8.77. The molecule has 19 heavy (non-hydrogen) atoms. The molecule has 102 valence electrons. The van der Waals surface area contributed by atoms with Crippen LogP contribution in [0.25, 0.3) is 0 Å². The number of aliphatic imine (C=N–C) groups is 1. The van der Waals surface area contributed by atoms with Crippen LogP contribution in [0.1, 0.15) is 22.8 Å². The van der Waals surface area contributed by atoms with Gasteiger partial charge in [0.05, 0.1) is 23.5 Å². The lowest BCUT2D eigenvalue weighted by Crippen LogP contribution is -2.22. The highest BCUT2D eigenvalue weighted by atomic mass is 19.4. The van der Waals surface area contributed by atoms with E-state index < -0.39 is 23.3 Å². The third kappa shape index (κ3) is 2.86. The summed E-state index contributed by atoms with van der Waals surface area (Å²) in [4.78, 5) is 16.4. The summed E-state index contributed by atoms with van der Waals surface area (Å²) in [5, 5.41) is 8.87. The number of carboxylic acids is 1. The lowest BCUT2D eigenvalue weighted by atomic mass is 10.1. The van der Waals surface area contributed by atoms with E-state index in [1.807, 2.05) is 6.92 Å². The van der Waals surface area contributed by atoms with Crippen LogP contribution in [-0.2, 0) is 6.18 Å². The molecule has 1 N–H and O–H groups in total. The van der Waals surface area contributed by atoms with Gasteiger partial charge in [-0.1, -0.05) is 0 Å². The highest BCUT2D eigenvalue weighted by Gasteiger charge is 2.32. The summed E-state index contributed by atoms with van der Waals surface area (Å²) in [6.45, 7) is 2.25. The maximum absolute atomic E-state index is 12.7. The Morgan fingerprint density at radius 1 is 1.42 bits per heavy atom. The van der Waals surface area contributed by atoms with Crippen molar-refractivity contribution in [3.63, 3.8) is 0 Å². The molecule has 1 aliphatic heterocycles. The highest BCUT2D eigenvalue weighted by Crippen LogP contribution is 2.33. The topological polar surface area (TPSA) is 52.9 Å². The molecule has 1 aromatic carbocycles. The molecule has 1 unspecified atom stereocenters. The van der Waals surface area contributed by atoms with E-state index in [4.69, 9.17) is 5.11 Å². The van der Waals surface area contributed by atoms with E-state index in [0.717, 1.165) is 6.07 Å². The zero-order valence-electron chi connectivity index (χ0n) is 9.98. The van der Waals surface area contributed by atoms with Crippen LogP contribution in [0.15, 0.2) is 23.2 Å². The van der Waals surface area contributed by atoms with Gasteiger partial charge < -0.3 is 10.0 Å². The van der Waals surface area contributed by atoms with Gasteiger partial charge in [-0.15, -0.1) is 0 Å². The minimum Gasteiger partial charge on any atom is -0.478 e. The number of hydrogen-bond donors (Lipinski definition) is 1. The minimum atomic E-state index is -4.58. The molecule has 0 aliphatic carbocycles. The fourth-order valence-electron chi connectivity index (χ4n) is 1.81. The third-order valence-corrected chi connectivity index (χ3v) is 2.75. The third-order valence-electron chi connectivity index (χ3n) is 2.75. The molecule has 0 amide bonds. The molecule has 1 aromatic rings. The van der Waals surface area contributed by atoms with Crippen molar-refractivity contribution in [3.8, 4) is 0 Å². The van der Waals surface area contributed by atoms with E-state index in [1.54, 1.807) is 0 Å². The molecule has 1 aliphatic rings. The van der Waals surface area contributed by atoms with Crippen LogP contribution in [0.3, 0.4) is 0 Å². The largest absolute Gasteiger partial charge is 0.478 e. The van der Waals surface area contributed by atoms with Crippen molar-refractivity contribution in [3.05, 3.63) is 29.3 Å². The van der Waals surface area contributed by atoms with E-state index >= 15 is 0 Å². The summed E-state index contributed by atoms with van der Waals surface area (Å²) in [6.07, 6.45) is -3.16. The number of carbonyl (C=O) groups is 1. The number of anilines is 1. The van der Waals surface area contributed by atoms with Gasteiger partial charge in [0.25, 0.3) is 0 Å². The Labute approximate surface area is 107 Å². The lowest BCUT2D eigenvalue weighted by molar-refractivity contribution is -0.137. The first-order valence-electron chi connectivity index (χ1n) is 5.53. The predicted octanol–water partition coefficient (Wildman–Crippen LogP) is 2.64. The van der Waals surface area contributed by atoms with Gasteiger partial charge in [0.2, 0.25) is 0 Å². The Morgan fingerprint density at radius 2 is 2.11 bits per heavy atom. The smallest absolute Gasteiger partial charge is 0.416 e. The van der Waals surface area contributed by atoms with Gasteiger partial charge >= 0.3 is 12.1 Å². The van der Waals surface area contributed by atoms with Crippen molar-refractivity contribution >= 4 is 18.0 Å². The molecular weight excluding hydrogens is 261 g/mol. The van der Waals surface area contributed by atoms with E-state index in [0.29, 0.717) is 12.6 Å². The van der Waals surface area contributed by atoms with E-state index in [-0.39, 0.29) is 11.7 Å². The molecule has 0 saturated heterocycles. The fraction of sp³-hybridized carbons (Fsp3) is 0.333. The van der Waals surface area contributed by atoms with Crippen molar-refractivity contribution < 1.29 is 23.1 Å². The minimum absolute atomic E-state index is 0.0252. The SMILES string of the molecule is CC1CN(c2cc(C(=O)O)cc(C(F)(F)F)c2)C=N1. The number of carboxylic acid groups (broad SMARTS) is 1. The molecule has 0 fully saturated rings. The Hall–Kier alpha value is -2.05. The molecule has 0 aromatic heterocycles. The van der Waals surface area contributed by atoms with Crippen molar-refractivity contribution in [2.45, 2.75) is 19.1 Å². The highest BCUT2D eigenvalue weighted by molar-refractivity contribution is 5.91. The number of alkyl halides is 3. The molecule has 0 radical (unpaired) electrons. The van der Waals surface area contributed by atoms with Gasteiger partial charge in [-0.25, -0.2) is 4.79 Å². The van der Waals surface area contributed by atoms with Crippen LogP contribution in [0.2, 0.25) is 0 Å². The van der Waals surface area contributed by atoms with E-state index in [9.17, 15) is 18.0 Å². The van der Waals surface area contributed by atoms with Crippen LogP contribution in [0.5, 0.6) is 0 Å². The lowest BCUT2D eigenvalue weighted by Gasteiger charge is -2.18. The van der Waals surface area contributed by atoms with Crippen molar-refractivity contribution in [1.29, 1.82) is 0 Å². The van der Waals surface area contributed by atoms with Crippen molar-refractivity contribution in [2.75, 3.05) is 11.4 Å². The zero-order chi connectivity index (χ0) is 14.2. The summed E-state index contributed by atoms with van der Waals surface area (Å²) >= 11 is 0. The second-order valence-electron chi connectivity index (χ2n) is 4.34.